The number of piperazine rings is 1. The van der Waals surface area contributed by atoms with Gasteiger partial charge in [0, 0.05) is 29.9 Å². The average molecular weight is 299 g/mol. The van der Waals surface area contributed by atoms with Crippen molar-refractivity contribution < 1.29 is 5.11 Å². The Morgan fingerprint density at radius 2 is 2.21 bits per heavy atom. The number of nitrogens with one attached hydrogen (secondary N) is 1. The maximum atomic E-state index is 11.1. The Morgan fingerprint density at radius 1 is 1.42 bits per heavy atom. The van der Waals surface area contributed by atoms with Gasteiger partial charge in [-0.05, 0) is 23.4 Å². The Morgan fingerprint density at radius 3 is 3.00 bits per heavy atom. The summed E-state index contributed by atoms with van der Waals surface area (Å²) in [5.74, 6) is 0. The molecule has 0 aliphatic carbocycles. The van der Waals surface area contributed by atoms with Gasteiger partial charge in [0.05, 0.1) is 0 Å². The van der Waals surface area contributed by atoms with E-state index in [-0.39, 0.29) is 12.4 Å². The summed E-state index contributed by atoms with van der Waals surface area (Å²) in [6.07, 6.45) is 0. The Labute approximate surface area is 123 Å². The predicted molar refractivity (Wildman–Crippen MR) is 83.1 cm³/mol. The van der Waals surface area contributed by atoms with Crippen molar-refractivity contribution in [1.82, 2.24) is 10.2 Å². The lowest BCUT2D eigenvalue weighted by Gasteiger charge is -2.43. The van der Waals surface area contributed by atoms with Crippen LogP contribution in [-0.4, -0.2) is 36.2 Å². The lowest BCUT2D eigenvalue weighted by Crippen LogP contribution is -2.58. The predicted octanol–water partition coefficient (Wildman–Crippen LogP) is 2.39. The first kappa shape index (κ1) is 14.8. The van der Waals surface area contributed by atoms with Crippen LogP contribution in [0, 0.1) is 0 Å². The summed E-state index contributed by atoms with van der Waals surface area (Å²) in [7, 11) is 0. The van der Waals surface area contributed by atoms with E-state index < -0.39 is 5.72 Å². The van der Waals surface area contributed by atoms with Gasteiger partial charge in [0.15, 0.2) is 5.72 Å². The maximum absolute atomic E-state index is 11.1. The molecule has 1 unspecified atom stereocenters. The number of fused-ring (bicyclic) bond motifs is 1. The van der Waals surface area contributed by atoms with E-state index in [1.165, 1.54) is 10.1 Å². The van der Waals surface area contributed by atoms with Crippen molar-refractivity contribution in [2.45, 2.75) is 12.6 Å². The summed E-state index contributed by atoms with van der Waals surface area (Å²) in [6.45, 7) is 5.39. The van der Waals surface area contributed by atoms with E-state index in [4.69, 9.17) is 0 Å². The number of halogens is 1. The molecule has 0 bridgehead atoms. The molecule has 2 heterocycles. The minimum Gasteiger partial charge on any atom is -0.370 e. The van der Waals surface area contributed by atoms with Crippen LogP contribution in [0.5, 0.6) is 0 Å². The Hall–Kier alpha value is -0.650. The zero-order chi connectivity index (χ0) is 12.6. The highest BCUT2D eigenvalue weighted by molar-refractivity contribution is 7.17. The number of hydrogen-bond acceptors (Lipinski definition) is 4. The van der Waals surface area contributed by atoms with Gasteiger partial charge in [0.25, 0.3) is 0 Å². The van der Waals surface area contributed by atoms with Gasteiger partial charge in [0.2, 0.25) is 0 Å². The first-order valence-corrected chi connectivity index (χ1v) is 7.28. The molecular weight excluding hydrogens is 280 g/mol. The third-order valence-corrected chi connectivity index (χ3v) is 4.71. The molecule has 1 aromatic carbocycles. The normalized spacial score (nSPS) is 24.3. The summed E-state index contributed by atoms with van der Waals surface area (Å²) >= 11 is 1.70. The topological polar surface area (TPSA) is 35.5 Å². The molecular formula is C14H19ClN2OS. The molecule has 1 aliphatic heterocycles. The molecule has 1 atom stereocenters. The quantitative estimate of drug-likeness (QED) is 0.894. The summed E-state index contributed by atoms with van der Waals surface area (Å²) in [5, 5.41) is 17.6. The number of aliphatic hydroxyl groups is 1. The number of likely N-dealkylation sites (N-methyl/N-ethyl adjacent to an activating group) is 1. The van der Waals surface area contributed by atoms with Crippen molar-refractivity contribution in [1.29, 1.82) is 0 Å². The Bertz CT molecular complexity index is 559. The molecule has 0 amide bonds. The number of benzene rings is 1. The molecule has 19 heavy (non-hydrogen) atoms. The highest BCUT2D eigenvalue weighted by atomic mass is 35.5. The Balaban J connectivity index is 0.00000133. The molecule has 0 radical (unpaired) electrons. The first-order valence-electron chi connectivity index (χ1n) is 6.40. The third-order valence-electron chi connectivity index (χ3n) is 3.75. The van der Waals surface area contributed by atoms with E-state index in [0.717, 1.165) is 25.2 Å². The largest absolute Gasteiger partial charge is 0.370 e. The van der Waals surface area contributed by atoms with E-state index in [1.54, 1.807) is 11.3 Å². The third kappa shape index (κ3) is 2.39. The second kappa shape index (κ2) is 5.77. The number of thiophene rings is 1. The minimum absolute atomic E-state index is 0. The number of hydrogen-bond donors (Lipinski definition) is 2. The average Bonchev–Trinajstić information content (AvgIpc) is 2.83. The van der Waals surface area contributed by atoms with Crippen LogP contribution < -0.4 is 5.32 Å². The van der Waals surface area contributed by atoms with Crippen LogP contribution >= 0.6 is 23.7 Å². The van der Waals surface area contributed by atoms with Gasteiger partial charge in [-0.2, -0.15) is 0 Å². The molecule has 0 spiro atoms. The van der Waals surface area contributed by atoms with Crippen molar-refractivity contribution in [2.24, 2.45) is 0 Å². The molecule has 104 valence electrons. The van der Waals surface area contributed by atoms with E-state index in [2.05, 4.69) is 34.7 Å². The standard InChI is InChI=1S/C14H18N2OS.ClH/c1-2-16-8-7-15-10-14(16,17)12-9-18-13-6-4-3-5-11(12)13;/h3-6,9,15,17H,2,7-8,10H2,1H3;1H. The molecule has 3 nitrogen and oxygen atoms in total. The molecule has 1 saturated heterocycles. The van der Waals surface area contributed by atoms with Crippen molar-refractivity contribution in [3.8, 4) is 0 Å². The second-order valence-electron chi connectivity index (χ2n) is 4.72. The monoisotopic (exact) mass is 298 g/mol. The van der Waals surface area contributed by atoms with Gasteiger partial charge < -0.3 is 10.4 Å². The van der Waals surface area contributed by atoms with Crippen LogP contribution in [0.2, 0.25) is 0 Å². The SMILES string of the molecule is CCN1CCNCC1(O)c1csc2ccccc12.Cl. The Kier molecular flexibility index (Phi) is 4.48. The summed E-state index contributed by atoms with van der Waals surface area (Å²) in [4.78, 5) is 2.15. The molecule has 1 aliphatic rings. The summed E-state index contributed by atoms with van der Waals surface area (Å²) in [6, 6.07) is 8.29. The minimum atomic E-state index is -0.868. The van der Waals surface area contributed by atoms with Gasteiger partial charge in [-0.25, -0.2) is 0 Å². The fourth-order valence-corrected chi connectivity index (χ4v) is 3.77. The van der Waals surface area contributed by atoms with Gasteiger partial charge in [-0.3, -0.25) is 4.90 Å². The van der Waals surface area contributed by atoms with Crippen LogP contribution in [0.4, 0.5) is 0 Å². The zero-order valence-electron chi connectivity index (χ0n) is 10.9. The fourth-order valence-electron chi connectivity index (χ4n) is 2.75. The van der Waals surface area contributed by atoms with Crippen molar-refractivity contribution in [3.63, 3.8) is 0 Å². The number of rotatable bonds is 2. The highest BCUT2D eigenvalue weighted by Gasteiger charge is 2.39. The lowest BCUT2D eigenvalue weighted by molar-refractivity contribution is -0.124. The van der Waals surface area contributed by atoms with Gasteiger partial charge in [-0.1, -0.05) is 25.1 Å². The maximum Gasteiger partial charge on any atom is 0.158 e. The van der Waals surface area contributed by atoms with Gasteiger partial charge in [-0.15, -0.1) is 23.7 Å². The molecule has 1 fully saturated rings. The number of nitrogens with zero attached hydrogens (tertiary/aromatic N) is 1. The smallest absolute Gasteiger partial charge is 0.158 e. The molecule has 5 heteroatoms. The van der Waals surface area contributed by atoms with Crippen molar-refractivity contribution in [3.05, 3.63) is 35.2 Å². The molecule has 2 N–H and O–H groups in total. The lowest BCUT2D eigenvalue weighted by atomic mass is 9.98. The van der Waals surface area contributed by atoms with Crippen molar-refractivity contribution >= 4 is 33.8 Å². The highest BCUT2D eigenvalue weighted by Crippen LogP contribution is 2.36. The zero-order valence-corrected chi connectivity index (χ0v) is 12.6. The van der Waals surface area contributed by atoms with E-state index in [9.17, 15) is 5.11 Å². The first-order chi connectivity index (χ1) is 8.75. The molecule has 3 rings (SSSR count). The number of β-amino-alcohol motifs (C(OH)–C–C–N with tert-alkyl or cyclic N) is 1. The van der Waals surface area contributed by atoms with Crippen LogP contribution in [0.15, 0.2) is 29.6 Å². The van der Waals surface area contributed by atoms with E-state index in [0.29, 0.717) is 6.54 Å². The second-order valence-corrected chi connectivity index (χ2v) is 5.63. The van der Waals surface area contributed by atoms with E-state index >= 15 is 0 Å². The summed E-state index contributed by atoms with van der Waals surface area (Å²) < 4.78 is 1.24. The molecule has 0 saturated carbocycles. The van der Waals surface area contributed by atoms with Crippen LogP contribution in [-0.2, 0) is 5.72 Å². The van der Waals surface area contributed by atoms with Gasteiger partial charge >= 0.3 is 0 Å². The van der Waals surface area contributed by atoms with Crippen LogP contribution in [0.3, 0.4) is 0 Å². The van der Waals surface area contributed by atoms with Gasteiger partial charge in [0.1, 0.15) is 0 Å². The molecule has 2 aromatic rings. The molecule has 1 aromatic heterocycles. The van der Waals surface area contributed by atoms with E-state index in [1.807, 2.05) is 12.1 Å². The fraction of sp³-hybridized carbons (Fsp3) is 0.429. The van der Waals surface area contributed by atoms with Crippen molar-refractivity contribution in [2.75, 3.05) is 26.2 Å². The van der Waals surface area contributed by atoms with Crippen LogP contribution in [0.25, 0.3) is 10.1 Å². The summed E-state index contributed by atoms with van der Waals surface area (Å²) in [5.41, 5.74) is 0.171. The van der Waals surface area contributed by atoms with Crippen LogP contribution in [0.1, 0.15) is 12.5 Å².